The van der Waals surface area contributed by atoms with Crippen molar-refractivity contribution in [3.63, 3.8) is 0 Å². The van der Waals surface area contributed by atoms with Crippen molar-refractivity contribution in [1.82, 2.24) is 15.1 Å². The first-order chi connectivity index (χ1) is 9.90. The molecule has 1 aromatic rings. The summed E-state index contributed by atoms with van der Waals surface area (Å²) in [6, 6.07) is -0.623. The Morgan fingerprint density at radius 1 is 1.48 bits per heavy atom. The molecule has 2 unspecified atom stereocenters. The van der Waals surface area contributed by atoms with Gasteiger partial charge in [0.2, 0.25) is 5.91 Å². The lowest BCUT2D eigenvalue weighted by molar-refractivity contribution is -0.147. The number of carboxylic acid groups (broad SMARTS) is 1. The number of carboxylic acids is 1. The van der Waals surface area contributed by atoms with Crippen molar-refractivity contribution in [2.45, 2.75) is 34.9 Å². The zero-order chi connectivity index (χ0) is 15.3. The molecule has 3 N–H and O–H groups in total. The number of nitrogens with two attached hydrogens (primary N) is 1. The predicted molar refractivity (Wildman–Crippen MR) is 80.8 cm³/mol. The number of thioether (sulfide) groups is 2. The molecule has 3 rings (SSSR count). The van der Waals surface area contributed by atoms with Crippen LogP contribution in [0.3, 0.4) is 0 Å². The normalized spacial score (nSPS) is 28.4. The van der Waals surface area contributed by atoms with Gasteiger partial charge in [-0.2, -0.15) is 0 Å². The summed E-state index contributed by atoms with van der Waals surface area (Å²) in [4.78, 5) is 25.4. The molecule has 21 heavy (non-hydrogen) atoms. The number of nitrogens with zero attached hydrogens (tertiary/aromatic N) is 3. The van der Waals surface area contributed by atoms with E-state index in [4.69, 9.17) is 5.73 Å². The summed E-state index contributed by atoms with van der Waals surface area (Å²) < 4.78 is 0.671. The molecule has 1 fully saturated rings. The summed E-state index contributed by atoms with van der Waals surface area (Å²) in [5, 5.41) is 17.9. The molecule has 0 radical (unpaired) electrons. The Bertz CT molecular complexity index is 659. The lowest BCUT2D eigenvalue weighted by Gasteiger charge is -2.49. The van der Waals surface area contributed by atoms with Gasteiger partial charge < -0.3 is 10.8 Å². The third-order valence-electron chi connectivity index (χ3n) is 3.18. The van der Waals surface area contributed by atoms with Crippen molar-refractivity contribution in [3.05, 3.63) is 15.6 Å². The molecule has 0 saturated carbocycles. The van der Waals surface area contributed by atoms with Gasteiger partial charge in [-0.15, -0.1) is 22.0 Å². The molecular weight excluding hydrogens is 332 g/mol. The largest absolute Gasteiger partial charge is 0.477 e. The molecule has 0 spiro atoms. The van der Waals surface area contributed by atoms with E-state index in [9.17, 15) is 14.7 Å². The molecule has 1 amide bonds. The van der Waals surface area contributed by atoms with Crippen molar-refractivity contribution >= 4 is 46.7 Å². The molecule has 3 atom stereocenters. The molecule has 0 bridgehead atoms. The van der Waals surface area contributed by atoms with Gasteiger partial charge in [-0.25, -0.2) is 4.79 Å². The van der Waals surface area contributed by atoms with Crippen molar-refractivity contribution in [2.24, 2.45) is 5.73 Å². The molecule has 3 heterocycles. The fourth-order valence-corrected chi connectivity index (χ4v) is 5.72. The van der Waals surface area contributed by atoms with E-state index in [1.807, 2.05) is 13.8 Å². The van der Waals surface area contributed by atoms with E-state index in [1.54, 1.807) is 0 Å². The summed E-state index contributed by atoms with van der Waals surface area (Å²) in [5.74, 6) is -1.46. The summed E-state index contributed by atoms with van der Waals surface area (Å²) in [5.41, 5.74) is 5.77. The Kier molecular flexibility index (Phi) is 3.72. The first kappa shape index (κ1) is 14.8. The van der Waals surface area contributed by atoms with Crippen LogP contribution in [-0.2, 0) is 9.59 Å². The van der Waals surface area contributed by atoms with Gasteiger partial charge in [0, 0.05) is 10.2 Å². The van der Waals surface area contributed by atoms with E-state index in [2.05, 4.69) is 10.2 Å². The number of aromatic nitrogens is 2. The Balaban J connectivity index is 2.00. The van der Waals surface area contributed by atoms with Crippen LogP contribution in [0.15, 0.2) is 14.9 Å². The second kappa shape index (κ2) is 5.27. The first-order valence-corrected chi connectivity index (χ1v) is 8.67. The standard InChI is InChI=1S/C11H12N4O3S3/c1-3-7(21-11-14-13-4(2)20-11)6(10(17)18)15-8(16)5(12)9(15)19-3/h3,5,9H,12H2,1-2H3,(H,17,18)/t3?,5?,9-/m1/s1. The third kappa shape index (κ3) is 2.35. The number of hydrogen-bond donors (Lipinski definition) is 2. The van der Waals surface area contributed by atoms with Crippen LogP contribution in [0.25, 0.3) is 0 Å². The highest BCUT2D eigenvalue weighted by molar-refractivity contribution is 8.07. The quantitative estimate of drug-likeness (QED) is 0.777. The number of carbonyl (C=O) groups excluding carboxylic acids is 1. The molecule has 1 saturated heterocycles. The van der Waals surface area contributed by atoms with Gasteiger partial charge in [-0.05, 0) is 13.8 Å². The van der Waals surface area contributed by atoms with Crippen molar-refractivity contribution in [3.8, 4) is 0 Å². The van der Waals surface area contributed by atoms with E-state index >= 15 is 0 Å². The lowest BCUT2D eigenvalue weighted by Crippen LogP contribution is -2.68. The Morgan fingerprint density at radius 3 is 2.76 bits per heavy atom. The number of β-lactam (4-membered cyclic amide) rings is 1. The number of aryl methyl sites for hydroxylation is 1. The minimum Gasteiger partial charge on any atom is -0.477 e. The van der Waals surface area contributed by atoms with Gasteiger partial charge in [-0.3, -0.25) is 9.69 Å². The van der Waals surface area contributed by atoms with Crippen LogP contribution in [-0.4, -0.2) is 48.7 Å². The van der Waals surface area contributed by atoms with Crippen molar-refractivity contribution in [1.29, 1.82) is 0 Å². The Hall–Kier alpha value is -1.10. The minimum atomic E-state index is -1.11. The average molecular weight is 344 g/mol. The summed E-state index contributed by atoms with van der Waals surface area (Å²) in [6.45, 7) is 3.75. The van der Waals surface area contributed by atoms with Crippen LogP contribution < -0.4 is 5.73 Å². The maximum absolute atomic E-state index is 11.9. The number of amides is 1. The van der Waals surface area contributed by atoms with Gasteiger partial charge in [0.15, 0.2) is 4.34 Å². The number of fused-ring (bicyclic) bond motifs is 1. The third-order valence-corrected chi connectivity index (χ3v) is 6.91. The number of carbonyl (C=O) groups is 2. The van der Waals surface area contributed by atoms with Crippen LogP contribution in [0.4, 0.5) is 0 Å². The molecule has 0 aliphatic carbocycles. The molecule has 112 valence electrons. The Morgan fingerprint density at radius 2 is 2.19 bits per heavy atom. The van der Waals surface area contributed by atoms with Gasteiger partial charge in [0.05, 0.1) is 0 Å². The maximum atomic E-state index is 11.9. The van der Waals surface area contributed by atoms with E-state index in [0.717, 1.165) is 5.01 Å². The van der Waals surface area contributed by atoms with E-state index < -0.39 is 12.0 Å². The average Bonchev–Trinajstić information content (AvgIpc) is 2.84. The zero-order valence-electron chi connectivity index (χ0n) is 11.1. The van der Waals surface area contributed by atoms with Gasteiger partial charge in [0.25, 0.3) is 0 Å². The lowest BCUT2D eigenvalue weighted by atomic mass is 10.1. The highest BCUT2D eigenvalue weighted by atomic mass is 32.2. The van der Waals surface area contributed by atoms with Gasteiger partial charge in [-0.1, -0.05) is 23.1 Å². The highest BCUT2D eigenvalue weighted by Crippen LogP contribution is 2.48. The molecule has 2 aliphatic rings. The molecule has 2 aliphatic heterocycles. The van der Waals surface area contributed by atoms with E-state index in [0.29, 0.717) is 9.24 Å². The summed E-state index contributed by atoms with van der Waals surface area (Å²) >= 11 is 4.15. The predicted octanol–water partition coefficient (Wildman–Crippen LogP) is 0.866. The van der Waals surface area contributed by atoms with Crippen LogP contribution in [0.2, 0.25) is 0 Å². The Labute approximate surface area is 133 Å². The summed E-state index contributed by atoms with van der Waals surface area (Å²) in [6.07, 6.45) is 0. The first-order valence-electron chi connectivity index (χ1n) is 6.09. The molecule has 1 aromatic heterocycles. The topological polar surface area (TPSA) is 109 Å². The number of rotatable bonds is 3. The highest BCUT2D eigenvalue weighted by Gasteiger charge is 2.53. The smallest absolute Gasteiger partial charge is 0.353 e. The van der Waals surface area contributed by atoms with E-state index in [1.165, 1.54) is 39.8 Å². The van der Waals surface area contributed by atoms with Crippen LogP contribution in [0, 0.1) is 6.92 Å². The number of aliphatic carboxylic acids is 1. The second-order valence-corrected chi connectivity index (χ2v) is 8.54. The number of hydrogen-bond acceptors (Lipinski definition) is 8. The van der Waals surface area contributed by atoms with Crippen LogP contribution in [0.5, 0.6) is 0 Å². The fraction of sp³-hybridized carbons (Fsp3) is 0.455. The molecular formula is C11H12N4O3S3. The van der Waals surface area contributed by atoms with Gasteiger partial charge in [0.1, 0.15) is 22.1 Å². The van der Waals surface area contributed by atoms with Crippen molar-refractivity contribution in [2.75, 3.05) is 0 Å². The zero-order valence-corrected chi connectivity index (χ0v) is 13.6. The second-order valence-electron chi connectivity index (χ2n) is 4.61. The van der Waals surface area contributed by atoms with Crippen LogP contribution in [0.1, 0.15) is 11.9 Å². The molecule has 10 heteroatoms. The molecule has 7 nitrogen and oxygen atoms in total. The monoisotopic (exact) mass is 344 g/mol. The fourth-order valence-electron chi connectivity index (χ4n) is 2.21. The SMILES string of the molecule is Cc1nnc(SC2=C(C(=O)O)N3C(=O)C(N)[C@H]3SC2C)s1. The van der Waals surface area contributed by atoms with Crippen LogP contribution >= 0.6 is 34.9 Å². The summed E-state index contributed by atoms with van der Waals surface area (Å²) in [7, 11) is 0. The van der Waals surface area contributed by atoms with Crippen molar-refractivity contribution < 1.29 is 14.7 Å². The van der Waals surface area contributed by atoms with E-state index in [-0.39, 0.29) is 22.2 Å². The molecule has 0 aromatic carbocycles. The minimum absolute atomic E-state index is 0.0239. The van der Waals surface area contributed by atoms with Gasteiger partial charge >= 0.3 is 5.97 Å². The maximum Gasteiger partial charge on any atom is 0.353 e.